The second-order valence-corrected chi connectivity index (χ2v) is 3.40. The van der Waals surface area contributed by atoms with Crippen LogP contribution in [0.25, 0.3) is 0 Å². The van der Waals surface area contributed by atoms with Gasteiger partial charge in [0.15, 0.2) is 5.78 Å². The molecule has 2 heteroatoms. The topological polar surface area (TPSA) is 29.4 Å². The number of carbonyl (C=O) groups excluding carboxylic acids is 1. The van der Waals surface area contributed by atoms with Gasteiger partial charge in [0.05, 0.1) is 6.54 Å². The summed E-state index contributed by atoms with van der Waals surface area (Å²) >= 11 is 0. The van der Waals surface area contributed by atoms with E-state index in [9.17, 15) is 4.79 Å². The SMILES string of the molecule is CC(C)=NCC(=O)CC(C)C. The van der Waals surface area contributed by atoms with Crippen molar-refractivity contribution in [2.45, 2.75) is 34.1 Å². The largest absolute Gasteiger partial charge is 0.298 e. The number of aliphatic imine (C=N–C) groups is 1. The quantitative estimate of drug-likeness (QED) is 0.571. The summed E-state index contributed by atoms with van der Waals surface area (Å²) in [5.41, 5.74) is 0.974. The Morgan fingerprint density at radius 1 is 1.36 bits per heavy atom. The first-order valence-corrected chi connectivity index (χ1v) is 4.01. The predicted molar refractivity (Wildman–Crippen MR) is 48.1 cm³/mol. The van der Waals surface area contributed by atoms with Gasteiger partial charge in [-0.25, -0.2) is 0 Å². The lowest BCUT2D eigenvalue weighted by molar-refractivity contribution is -0.118. The van der Waals surface area contributed by atoms with Crippen LogP contribution in [-0.2, 0) is 4.79 Å². The molecule has 0 fully saturated rings. The Labute approximate surface area is 68.7 Å². The van der Waals surface area contributed by atoms with Crippen LogP contribution < -0.4 is 0 Å². The summed E-state index contributed by atoms with van der Waals surface area (Å²) in [7, 11) is 0. The molecule has 0 atom stereocenters. The van der Waals surface area contributed by atoms with Crippen LogP contribution in [0.2, 0.25) is 0 Å². The zero-order valence-corrected chi connectivity index (χ0v) is 7.85. The Kier molecular flexibility index (Phi) is 4.75. The molecule has 0 N–H and O–H groups in total. The fourth-order valence-corrected chi connectivity index (χ4v) is 0.766. The van der Waals surface area contributed by atoms with Crippen molar-refractivity contribution in [2.24, 2.45) is 10.9 Å². The van der Waals surface area contributed by atoms with Gasteiger partial charge in [-0.1, -0.05) is 13.8 Å². The maximum Gasteiger partial charge on any atom is 0.154 e. The summed E-state index contributed by atoms with van der Waals surface area (Å²) in [6.45, 7) is 8.26. The lowest BCUT2D eigenvalue weighted by Gasteiger charge is -2.00. The minimum Gasteiger partial charge on any atom is -0.298 e. The van der Waals surface area contributed by atoms with E-state index in [1.54, 1.807) is 0 Å². The zero-order chi connectivity index (χ0) is 8.85. The van der Waals surface area contributed by atoms with Crippen molar-refractivity contribution in [1.29, 1.82) is 0 Å². The van der Waals surface area contributed by atoms with E-state index in [-0.39, 0.29) is 5.78 Å². The standard InChI is InChI=1S/C9H17NO/c1-7(2)5-9(11)6-10-8(3)4/h7H,5-6H2,1-4H3. The number of hydrogen-bond acceptors (Lipinski definition) is 2. The summed E-state index contributed by atoms with van der Waals surface area (Å²) < 4.78 is 0. The van der Waals surface area contributed by atoms with Gasteiger partial charge >= 0.3 is 0 Å². The van der Waals surface area contributed by atoms with E-state index in [0.29, 0.717) is 18.9 Å². The van der Waals surface area contributed by atoms with Crippen LogP contribution in [0.4, 0.5) is 0 Å². The van der Waals surface area contributed by atoms with Crippen LogP contribution in [0.1, 0.15) is 34.1 Å². The molecule has 64 valence electrons. The molecule has 0 amide bonds. The molecule has 0 saturated heterocycles. The van der Waals surface area contributed by atoms with Gasteiger partial charge in [-0.05, 0) is 19.8 Å². The van der Waals surface area contributed by atoms with E-state index >= 15 is 0 Å². The maximum absolute atomic E-state index is 11.1. The van der Waals surface area contributed by atoms with Crippen molar-refractivity contribution in [3.63, 3.8) is 0 Å². The van der Waals surface area contributed by atoms with Crippen molar-refractivity contribution >= 4 is 11.5 Å². The number of rotatable bonds is 4. The normalized spacial score (nSPS) is 9.91. The monoisotopic (exact) mass is 155 g/mol. The van der Waals surface area contributed by atoms with Crippen molar-refractivity contribution in [2.75, 3.05) is 6.54 Å². The fraction of sp³-hybridized carbons (Fsp3) is 0.778. The van der Waals surface area contributed by atoms with Gasteiger partial charge in [0.25, 0.3) is 0 Å². The number of nitrogens with zero attached hydrogens (tertiary/aromatic N) is 1. The number of carbonyl (C=O) groups is 1. The van der Waals surface area contributed by atoms with Gasteiger partial charge in [0.1, 0.15) is 0 Å². The second kappa shape index (κ2) is 5.05. The molecule has 0 saturated carbocycles. The Hall–Kier alpha value is -0.660. The zero-order valence-electron chi connectivity index (χ0n) is 7.85. The molecule has 0 unspecified atom stereocenters. The Balaban J connectivity index is 3.62. The summed E-state index contributed by atoms with van der Waals surface area (Å²) in [5.74, 6) is 0.691. The first-order chi connectivity index (χ1) is 5.02. The lowest BCUT2D eigenvalue weighted by atomic mass is 10.1. The number of ketones is 1. The van der Waals surface area contributed by atoms with E-state index < -0.39 is 0 Å². The van der Waals surface area contributed by atoms with Crippen LogP contribution in [0.5, 0.6) is 0 Å². The van der Waals surface area contributed by atoms with E-state index in [0.717, 1.165) is 5.71 Å². The van der Waals surface area contributed by atoms with Crippen LogP contribution in [0, 0.1) is 5.92 Å². The summed E-state index contributed by atoms with van der Waals surface area (Å²) in [4.78, 5) is 15.1. The smallest absolute Gasteiger partial charge is 0.154 e. The third kappa shape index (κ3) is 7.23. The van der Waals surface area contributed by atoms with Gasteiger partial charge in [-0.2, -0.15) is 0 Å². The molecule has 0 aromatic heterocycles. The predicted octanol–water partition coefficient (Wildman–Crippen LogP) is 2.08. The van der Waals surface area contributed by atoms with Crippen molar-refractivity contribution < 1.29 is 4.79 Å². The average Bonchev–Trinajstić information content (AvgIpc) is 1.82. The Bertz CT molecular complexity index is 155. The molecule has 2 nitrogen and oxygen atoms in total. The molecule has 11 heavy (non-hydrogen) atoms. The fourth-order valence-electron chi connectivity index (χ4n) is 0.766. The molecule has 0 aromatic rings. The van der Waals surface area contributed by atoms with E-state index in [1.807, 2.05) is 27.7 Å². The van der Waals surface area contributed by atoms with Gasteiger partial charge in [0.2, 0.25) is 0 Å². The van der Waals surface area contributed by atoms with Crippen molar-refractivity contribution in [3.8, 4) is 0 Å². The summed E-state index contributed by atoms with van der Waals surface area (Å²) in [5, 5.41) is 0. The average molecular weight is 155 g/mol. The molecular weight excluding hydrogens is 138 g/mol. The molecule has 0 aliphatic carbocycles. The molecule has 0 spiro atoms. The molecule has 0 aliphatic heterocycles. The Morgan fingerprint density at radius 3 is 2.27 bits per heavy atom. The highest BCUT2D eigenvalue weighted by molar-refractivity contribution is 5.85. The van der Waals surface area contributed by atoms with Crippen LogP contribution in [0.15, 0.2) is 4.99 Å². The summed E-state index contributed by atoms with van der Waals surface area (Å²) in [6.07, 6.45) is 0.650. The second-order valence-electron chi connectivity index (χ2n) is 3.40. The van der Waals surface area contributed by atoms with Gasteiger partial charge < -0.3 is 0 Å². The minimum absolute atomic E-state index is 0.237. The highest BCUT2D eigenvalue weighted by atomic mass is 16.1. The molecule has 0 aromatic carbocycles. The lowest BCUT2D eigenvalue weighted by Crippen LogP contribution is -2.07. The van der Waals surface area contributed by atoms with E-state index in [2.05, 4.69) is 4.99 Å². The van der Waals surface area contributed by atoms with Crippen molar-refractivity contribution in [1.82, 2.24) is 0 Å². The molecular formula is C9H17NO. The number of Topliss-reactive ketones (excluding diaryl/α,β-unsaturated/α-hetero) is 1. The molecule has 0 rings (SSSR count). The van der Waals surface area contributed by atoms with Crippen molar-refractivity contribution in [3.05, 3.63) is 0 Å². The molecule has 0 heterocycles. The molecule has 0 radical (unpaired) electrons. The van der Waals surface area contributed by atoms with Gasteiger partial charge in [0, 0.05) is 12.1 Å². The number of hydrogen-bond donors (Lipinski definition) is 0. The Morgan fingerprint density at radius 2 is 1.91 bits per heavy atom. The first kappa shape index (κ1) is 10.3. The van der Waals surface area contributed by atoms with Crippen LogP contribution in [0.3, 0.4) is 0 Å². The first-order valence-electron chi connectivity index (χ1n) is 4.01. The maximum atomic E-state index is 11.1. The third-order valence-corrected chi connectivity index (χ3v) is 1.21. The minimum atomic E-state index is 0.237. The highest BCUT2D eigenvalue weighted by Gasteiger charge is 2.02. The van der Waals surface area contributed by atoms with E-state index in [4.69, 9.17) is 0 Å². The van der Waals surface area contributed by atoms with E-state index in [1.165, 1.54) is 0 Å². The molecule has 0 bridgehead atoms. The summed E-state index contributed by atoms with van der Waals surface area (Å²) in [6, 6.07) is 0. The highest BCUT2D eigenvalue weighted by Crippen LogP contribution is 1.99. The van der Waals surface area contributed by atoms with Crippen LogP contribution >= 0.6 is 0 Å². The van der Waals surface area contributed by atoms with Gasteiger partial charge in [-0.15, -0.1) is 0 Å². The van der Waals surface area contributed by atoms with Gasteiger partial charge in [-0.3, -0.25) is 9.79 Å². The molecule has 0 aliphatic rings. The van der Waals surface area contributed by atoms with Crippen LogP contribution in [-0.4, -0.2) is 18.0 Å². The third-order valence-electron chi connectivity index (χ3n) is 1.21.